The highest BCUT2D eigenvalue weighted by Crippen LogP contribution is 2.29. The Morgan fingerprint density at radius 2 is 2.07 bits per heavy atom. The summed E-state index contributed by atoms with van der Waals surface area (Å²) in [5.74, 6) is 0.945. The van der Waals surface area contributed by atoms with Crippen LogP contribution in [-0.4, -0.2) is 47.9 Å². The average Bonchev–Trinajstić information content (AvgIpc) is 3.26. The van der Waals surface area contributed by atoms with E-state index in [0.717, 1.165) is 41.9 Å². The van der Waals surface area contributed by atoms with Gasteiger partial charge in [0, 0.05) is 36.8 Å². The molecule has 27 heavy (non-hydrogen) atoms. The van der Waals surface area contributed by atoms with Crippen LogP contribution in [0.25, 0.3) is 22.4 Å². The number of nitrogens with two attached hydrogens (primary N) is 1. The third-order valence-corrected chi connectivity index (χ3v) is 4.90. The minimum atomic E-state index is 0.318. The van der Waals surface area contributed by atoms with E-state index < -0.39 is 0 Å². The molecular formula is C18H20N8O. The van der Waals surface area contributed by atoms with Crippen LogP contribution in [0.15, 0.2) is 36.8 Å². The summed E-state index contributed by atoms with van der Waals surface area (Å²) >= 11 is 0. The number of imidazole rings is 1. The highest BCUT2D eigenvalue weighted by Gasteiger charge is 2.30. The lowest BCUT2D eigenvalue weighted by molar-refractivity contribution is 0.00283. The van der Waals surface area contributed by atoms with Crippen LogP contribution in [0.1, 0.15) is 19.8 Å². The molecule has 0 spiro atoms. The summed E-state index contributed by atoms with van der Waals surface area (Å²) in [5, 5.41) is 12.5. The Balaban J connectivity index is 1.44. The van der Waals surface area contributed by atoms with Crippen molar-refractivity contribution < 1.29 is 4.74 Å². The first-order chi connectivity index (χ1) is 13.2. The van der Waals surface area contributed by atoms with E-state index >= 15 is 0 Å². The molecule has 3 N–H and O–H groups in total. The highest BCUT2D eigenvalue weighted by atomic mass is 16.5. The third kappa shape index (κ3) is 2.76. The van der Waals surface area contributed by atoms with Crippen molar-refractivity contribution in [1.29, 1.82) is 0 Å². The topological polar surface area (TPSA) is 108 Å². The molecule has 0 radical (unpaired) electrons. The smallest absolute Gasteiger partial charge is 0.243 e. The van der Waals surface area contributed by atoms with Crippen LogP contribution in [0.2, 0.25) is 0 Å². The number of hydrogen-bond acceptors (Lipinski definition) is 7. The molecule has 1 saturated carbocycles. The number of nitrogens with zero attached hydrogens (tertiary/aromatic N) is 6. The number of anilines is 2. The fourth-order valence-electron chi connectivity index (χ4n) is 3.52. The van der Waals surface area contributed by atoms with Crippen molar-refractivity contribution in [1.82, 2.24) is 29.2 Å². The van der Waals surface area contributed by atoms with Crippen molar-refractivity contribution in [2.75, 3.05) is 17.7 Å². The Kier molecular flexibility index (Phi) is 3.68. The molecule has 0 aliphatic heterocycles. The van der Waals surface area contributed by atoms with Gasteiger partial charge in [-0.1, -0.05) is 0 Å². The molecule has 1 aliphatic carbocycles. The maximum atomic E-state index is 6.26. The van der Waals surface area contributed by atoms with E-state index in [4.69, 9.17) is 10.5 Å². The maximum Gasteiger partial charge on any atom is 0.243 e. The molecule has 9 heteroatoms. The van der Waals surface area contributed by atoms with E-state index in [1.165, 1.54) is 0 Å². The molecule has 4 aromatic heterocycles. The first-order valence-electron chi connectivity index (χ1n) is 9.05. The number of nitrogen functional groups attached to an aromatic ring is 1. The minimum absolute atomic E-state index is 0.318. The largest absolute Gasteiger partial charge is 0.382 e. The molecule has 0 bridgehead atoms. The molecule has 9 nitrogen and oxygen atoms in total. The van der Waals surface area contributed by atoms with Gasteiger partial charge in [-0.05, 0) is 38.0 Å². The third-order valence-electron chi connectivity index (χ3n) is 4.90. The van der Waals surface area contributed by atoms with Gasteiger partial charge in [-0.15, -0.1) is 5.10 Å². The molecule has 0 unspecified atom stereocenters. The van der Waals surface area contributed by atoms with Crippen molar-refractivity contribution >= 4 is 22.9 Å². The molecule has 1 aliphatic rings. The first-order valence-corrected chi connectivity index (χ1v) is 9.05. The molecule has 0 amide bonds. The summed E-state index contributed by atoms with van der Waals surface area (Å²) in [6, 6.07) is 6.11. The van der Waals surface area contributed by atoms with Crippen molar-refractivity contribution in [3.05, 3.63) is 36.8 Å². The lowest BCUT2D eigenvalue weighted by atomic mass is 9.89. The van der Waals surface area contributed by atoms with E-state index in [9.17, 15) is 0 Å². The molecule has 0 atom stereocenters. The van der Waals surface area contributed by atoms with Crippen molar-refractivity contribution in [2.24, 2.45) is 0 Å². The molecule has 4 heterocycles. The molecule has 5 rings (SSSR count). The van der Waals surface area contributed by atoms with Crippen molar-refractivity contribution in [3.63, 3.8) is 0 Å². The molecule has 1 fully saturated rings. The van der Waals surface area contributed by atoms with Crippen molar-refractivity contribution in [3.8, 4) is 11.3 Å². The van der Waals surface area contributed by atoms with Crippen LogP contribution in [0, 0.1) is 0 Å². The van der Waals surface area contributed by atoms with Gasteiger partial charge in [0.15, 0.2) is 11.5 Å². The van der Waals surface area contributed by atoms with E-state index in [1.807, 2.05) is 37.5 Å². The summed E-state index contributed by atoms with van der Waals surface area (Å²) in [6.45, 7) is 2.76. The molecule has 0 aromatic carbocycles. The van der Waals surface area contributed by atoms with Gasteiger partial charge in [-0.3, -0.25) is 0 Å². The van der Waals surface area contributed by atoms with Crippen LogP contribution in [-0.2, 0) is 4.74 Å². The van der Waals surface area contributed by atoms with Crippen LogP contribution in [0.5, 0.6) is 0 Å². The second kappa shape index (κ2) is 6.20. The summed E-state index contributed by atoms with van der Waals surface area (Å²) in [6.07, 6.45) is 7.65. The van der Waals surface area contributed by atoms with E-state index in [2.05, 4.69) is 25.5 Å². The minimum Gasteiger partial charge on any atom is -0.382 e. The quantitative estimate of drug-likeness (QED) is 0.557. The molecule has 0 saturated heterocycles. The first kappa shape index (κ1) is 16.0. The average molecular weight is 364 g/mol. The van der Waals surface area contributed by atoms with E-state index in [-0.39, 0.29) is 0 Å². The maximum absolute atomic E-state index is 6.26. The van der Waals surface area contributed by atoms with Gasteiger partial charge in [0.1, 0.15) is 5.52 Å². The number of ether oxygens (including phenoxy) is 1. The lowest BCUT2D eigenvalue weighted by Crippen LogP contribution is -2.41. The number of aromatic nitrogens is 6. The zero-order valence-corrected chi connectivity index (χ0v) is 14.9. The Labute approximate surface area is 155 Å². The summed E-state index contributed by atoms with van der Waals surface area (Å²) in [5.41, 5.74) is 9.47. The normalized spacial score (nSPS) is 19.4. The highest BCUT2D eigenvalue weighted by molar-refractivity contribution is 5.86. The standard InChI is InChI=1S/C18H20N8O/c1-2-27-12-9-11(10-12)21-18-22-17(19)16-13(5-7-26(16)24-18)14-3-4-15-20-6-8-25(15)23-14/h3-8,11-12H,2,9-10H2,1H3,(H3,19,21,22,24). The lowest BCUT2D eigenvalue weighted by Gasteiger charge is -2.35. The molecule has 4 aromatic rings. The van der Waals surface area contributed by atoms with Crippen LogP contribution in [0.3, 0.4) is 0 Å². The Hall–Kier alpha value is -3.20. The SMILES string of the molecule is CCOC1CC(Nc2nc(N)c3c(-c4ccc5nccn5n4)ccn3n2)C1. The Bertz CT molecular complexity index is 1110. The monoisotopic (exact) mass is 364 g/mol. The predicted octanol–water partition coefficient (Wildman–Crippen LogP) is 2.00. The zero-order valence-electron chi connectivity index (χ0n) is 14.9. The second-order valence-electron chi connectivity index (χ2n) is 6.68. The van der Waals surface area contributed by atoms with Gasteiger partial charge in [-0.2, -0.15) is 10.1 Å². The summed E-state index contributed by atoms with van der Waals surface area (Å²) < 4.78 is 9.07. The fourth-order valence-corrected chi connectivity index (χ4v) is 3.52. The predicted molar refractivity (Wildman–Crippen MR) is 101 cm³/mol. The zero-order chi connectivity index (χ0) is 18.4. The van der Waals surface area contributed by atoms with E-state index in [0.29, 0.717) is 23.9 Å². The molecule has 138 valence electrons. The number of hydrogen-bond donors (Lipinski definition) is 2. The Morgan fingerprint density at radius 3 is 2.93 bits per heavy atom. The fraction of sp³-hybridized carbons (Fsp3) is 0.333. The number of fused-ring (bicyclic) bond motifs is 2. The van der Waals surface area contributed by atoms with Crippen LogP contribution >= 0.6 is 0 Å². The van der Waals surface area contributed by atoms with Gasteiger partial charge in [0.2, 0.25) is 5.95 Å². The number of rotatable bonds is 5. The van der Waals surface area contributed by atoms with E-state index in [1.54, 1.807) is 15.2 Å². The second-order valence-corrected chi connectivity index (χ2v) is 6.68. The van der Waals surface area contributed by atoms with Crippen molar-refractivity contribution in [2.45, 2.75) is 31.9 Å². The summed E-state index contributed by atoms with van der Waals surface area (Å²) in [4.78, 5) is 8.67. The van der Waals surface area contributed by atoms with Gasteiger partial charge < -0.3 is 15.8 Å². The van der Waals surface area contributed by atoms with Gasteiger partial charge >= 0.3 is 0 Å². The molecular weight excluding hydrogens is 344 g/mol. The van der Waals surface area contributed by atoms with Crippen LogP contribution < -0.4 is 11.1 Å². The van der Waals surface area contributed by atoms with Gasteiger partial charge in [0.25, 0.3) is 0 Å². The van der Waals surface area contributed by atoms with Gasteiger partial charge in [0.05, 0.1) is 11.8 Å². The summed E-state index contributed by atoms with van der Waals surface area (Å²) in [7, 11) is 0. The Morgan fingerprint density at radius 1 is 1.19 bits per heavy atom. The number of nitrogens with one attached hydrogen (secondary N) is 1. The van der Waals surface area contributed by atoms with Crippen LogP contribution in [0.4, 0.5) is 11.8 Å². The van der Waals surface area contributed by atoms with Gasteiger partial charge in [-0.25, -0.2) is 14.0 Å².